The van der Waals surface area contributed by atoms with Crippen molar-refractivity contribution >= 4 is 39.5 Å². The van der Waals surface area contributed by atoms with Crippen LogP contribution in [-0.2, 0) is 65.4 Å². The van der Waals surface area contributed by atoms with Crippen molar-refractivity contribution in [3.63, 3.8) is 0 Å². The van der Waals surface area contributed by atoms with Crippen LogP contribution in [0.25, 0.3) is 0 Å². The van der Waals surface area contributed by atoms with Gasteiger partial charge in [-0.05, 0) is 161 Å². The molecule has 0 spiro atoms. The smallest absolute Gasteiger partial charge is 0.462 e. The summed E-state index contributed by atoms with van der Waals surface area (Å²) in [6.45, 7) is 4.34. The molecule has 0 bridgehead atoms. The summed E-state index contributed by atoms with van der Waals surface area (Å²) in [7, 11) is -10.00. The zero-order chi connectivity index (χ0) is 76.0. The zero-order valence-corrected chi connectivity index (χ0v) is 66.2. The molecule has 0 aromatic rings. The Hall–Kier alpha value is -5.58. The number of ether oxygens (including phenoxy) is 4. The highest BCUT2D eigenvalue weighted by molar-refractivity contribution is 7.47. The van der Waals surface area contributed by atoms with Gasteiger partial charge in [-0.3, -0.25) is 37.3 Å². The Balaban J connectivity index is 5.46. The third-order valence-electron chi connectivity index (χ3n) is 15.6. The lowest BCUT2D eigenvalue weighted by atomic mass is 10.1. The number of rotatable bonds is 72. The Morgan fingerprint density at radius 2 is 0.510 bits per heavy atom. The van der Waals surface area contributed by atoms with Crippen LogP contribution < -0.4 is 0 Å². The van der Waals surface area contributed by atoms with Crippen LogP contribution in [0.3, 0.4) is 0 Å². The fourth-order valence-corrected chi connectivity index (χ4v) is 11.3. The molecular weight excluding hydrogens is 1350 g/mol. The first-order valence-corrected chi connectivity index (χ1v) is 42.4. The van der Waals surface area contributed by atoms with E-state index < -0.39 is 97.5 Å². The predicted octanol–water partition coefficient (Wildman–Crippen LogP) is 23.0. The molecule has 104 heavy (non-hydrogen) atoms. The lowest BCUT2D eigenvalue weighted by Crippen LogP contribution is -2.30. The maximum absolute atomic E-state index is 13.1. The van der Waals surface area contributed by atoms with E-state index in [1.54, 1.807) is 0 Å². The molecule has 0 saturated carbocycles. The minimum absolute atomic E-state index is 0.0602. The number of carbonyl (C=O) groups excluding carboxylic acids is 4. The number of phosphoric acid groups is 2. The molecule has 19 heteroatoms. The van der Waals surface area contributed by atoms with Crippen LogP contribution in [0.4, 0.5) is 0 Å². The lowest BCUT2D eigenvalue weighted by Gasteiger charge is -2.21. The summed E-state index contributed by atoms with van der Waals surface area (Å²) in [4.78, 5) is 73.0. The summed E-state index contributed by atoms with van der Waals surface area (Å²) in [5.74, 6) is -2.31. The maximum atomic E-state index is 13.1. The van der Waals surface area contributed by atoms with Crippen LogP contribution in [0, 0.1) is 0 Å². The van der Waals surface area contributed by atoms with E-state index in [9.17, 15) is 43.2 Å². The fourth-order valence-electron chi connectivity index (χ4n) is 9.77. The van der Waals surface area contributed by atoms with Crippen molar-refractivity contribution in [3.05, 3.63) is 170 Å². The van der Waals surface area contributed by atoms with Gasteiger partial charge in [0.1, 0.15) is 19.3 Å². The molecule has 0 aromatic carbocycles. The normalized spacial score (nSPS) is 14.8. The number of phosphoric ester groups is 2. The van der Waals surface area contributed by atoms with Crippen molar-refractivity contribution in [1.29, 1.82) is 0 Å². The lowest BCUT2D eigenvalue weighted by molar-refractivity contribution is -0.161. The van der Waals surface area contributed by atoms with Gasteiger partial charge < -0.3 is 33.8 Å². The molecule has 0 aromatic heterocycles. The minimum atomic E-state index is -5.00. The quantitative estimate of drug-likeness (QED) is 0.0169. The topological polar surface area (TPSA) is 237 Å². The Morgan fingerprint density at radius 1 is 0.279 bits per heavy atom. The van der Waals surface area contributed by atoms with Gasteiger partial charge in [-0.2, -0.15) is 0 Å². The molecule has 5 unspecified atom stereocenters. The minimum Gasteiger partial charge on any atom is -0.462 e. The van der Waals surface area contributed by atoms with Crippen molar-refractivity contribution in [2.24, 2.45) is 0 Å². The number of esters is 4. The van der Waals surface area contributed by atoms with Crippen molar-refractivity contribution < 1.29 is 80.2 Å². The van der Waals surface area contributed by atoms with Gasteiger partial charge in [0.05, 0.1) is 26.4 Å². The summed E-state index contributed by atoms with van der Waals surface area (Å²) in [6.07, 6.45) is 89.1. The molecule has 0 radical (unpaired) electrons. The molecule has 5 atom stereocenters. The standard InChI is InChI=1S/C85H138O17P2/c1-5-9-13-17-21-25-29-33-36-39-42-46-49-53-57-61-65-69-82(87)95-75-80(101-84(89)71-67-63-59-55-51-45-32-28-24-20-16-12-8-4)77-99-103(91,92)97-73-79(86)74-98-104(93,94)100-78-81(102-85(90)72-68-64-60-56-52-48-44-41-38-35-31-27-23-19-15-11-7-3)76-96-83(88)70-66-62-58-54-50-47-43-40-37-34-30-26-22-18-14-10-6-2/h9-11,13-16,20-23,25-28,32-38,42-43,46-47,53,57,79-81,86H,5-8,12,17-19,24,29-31,39-41,44-45,48-52,54-56,58-78H2,1-4H3,(H,91,92)(H,93,94)/b13-9-,14-10-,15-11-,20-16-,25-21-,26-22-,27-23-,32-28-,36-33-,37-34-,38-35-,46-42-,47-43-,57-53-. The first-order chi connectivity index (χ1) is 50.7. The molecule has 0 saturated heterocycles. The second kappa shape index (κ2) is 75.6. The van der Waals surface area contributed by atoms with Gasteiger partial charge in [-0.25, -0.2) is 9.13 Å². The number of allylic oxidation sites excluding steroid dienone is 28. The first-order valence-electron chi connectivity index (χ1n) is 39.4. The number of hydrogen-bond acceptors (Lipinski definition) is 15. The largest absolute Gasteiger partial charge is 0.472 e. The molecule has 3 N–H and O–H groups in total. The van der Waals surface area contributed by atoms with Gasteiger partial charge in [0, 0.05) is 25.7 Å². The van der Waals surface area contributed by atoms with Gasteiger partial charge in [0.2, 0.25) is 0 Å². The van der Waals surface area contributed by atoms with Crippen LogP contribution >= 0.6 is 15.6 Å². The summed E-state index contributed by atoms with van der Waals surface area (Å²) in [5.41, 5.74) is 0. The second-order valence-electron chi connectivity index (χ2n) is 25.5. The van der Waals surface area contributed by atoms with Gasteiger partial charge in [0.25, 0.3) is 0 Å². The zero-order valence-electron chi connectivity index (χ0n) is 64.4. The van der Waals surface area contributed by atoms with E-state index in [2.05, 4.69) is 186 Å². The molecule has 0 aliphatic rings. The molecule has 0 rings (SSSR count). The van der Waals surface area contributed by atoms with E-state index in [4.69, 9.17) is 37.0 Å². The monoisotopic (exact) mass is 1490 g/mol. The number of aliphatic hydroxyl groups excluding tert-OH is 1. The van der Waals surface area contributed by atoms with Crippen molar-refractivity contribution in [3.8, 4) is 0 Å². The summed E-state index contributed by atoms with van der Waals surface area (Å²) in [5, 5.41) is 10.6. The summed E-state index contributed by atoms with van der Waals surface area (Å²) >= 11 is 0. The highest BCUT2D eigenvalue weighted by Crippen LogP contribution is 2.45. The average Bonchev–Trinajstić information content (AvgIpc) is 0.910. The maximum Gasteiger partial charge on any atom is 0.472 e. The number of aliphatic hydroxyl groups is 1. The van der Waals surface area contributed by atoms with Crippen LogP contribution in [0.2, 0.25) is 0 Å². The van der Waals surface area contributed by atoms with E-state index in [0.29, 0.717) is 32.1 Å². The highest BCUT2D eigenvalue weighted by atomic mass is 31.2. The molecular formula is C85H138O17P2. The van der Waals surface area contributed by atoms with Crippen LogP contribution in [0.15, 0.2) is 170 Å². The second-order valence-corrected chi connectivity index (χ2v) is 28.4. The molecule has 0 amide bonds. The molecule has 0 aliphatic carbocycles. The molecule has 0 fully saturated rings. The third kappa shape index (κ3) is 74.7. The summed E-state index contributed by atoms with van der Waals surface area (Å²) < 4.78 is 68.5. The third-order valence-corrected chi connectivity index (χ3v) is 17.5. The van der Waals surface area contributed by atoms with Crippen molar-refractivity contribution in [2.75, 3.05) is 39.6 Å². The average molecular weight is 1490 g/mol. The van der Waals surface area contributed by atoms with Crippen LogP contribution in [0.1, 0.15) is 285 Å². The van der Waals surface area contributed by atoms with Crippen LogP contribution in [-0.4, -0.2) is 96.7 Å². The van der Waals surface area contributed by atoms with E-state index in [0.717, 1.165) is 199 Å². The van der Waals surface area contributed by atoms with E-state index in [1.165, 1.54) is 0 Å². The molecule has 0 heterocycles. The first kappa shape index (κ1) is 98.4. The Morgan fingerprint density at radius 3 is 0.808 bits per heavy atom. The molecule has 0 aliphatic heterocycles. The van der Waals surface area contributed by atoms with Crippen LogP contribution in [0.5, 0.6) is 0 Å². The fraction of sp³-hybridized carbons (Fsp3) is 0.624. The Bertz CT molecular complexity index is 2640. The van der Waals surface area contributed by atoms with Gasteiger partial charge in [0.15, 0.2) is 12.2 Å². The van der Waals surface area contributed by atoms with E-state index in [1.807, 2.05) is 12.2 Å². The van der Waals surface area contributed by atoms with E-state index >= 15 is 0 Å². The van der Waals surface area contributed by atoms with E-state index in [-0.39, 0.29) is 25.7 Å². The summed E-state index contributed by atoms with van der Waals surface area (Å²) in [6, 6.07) is 0. The Kier molecular flexibility index (Phi) is 71.6. The van der Waals surface area contributed by atoms with Gasteiger partial charge >= 0.3 is 39.5 Å². The number of unbranched alkanes of at least 4 members (excludes halogenated alkanes) is 18. The molecule has 590 valence electrons. The number of carbonyl (C=O) groups is 4. The SMILES string of the molecule is CC/C=C\C/C=C\C/C=C\C/C=C\C/C=C\CCCC(=O)OCC(COP(=O)(O)OCC(O)COP(=O)(O)OCC(COC(=O)CCCCCC/C=C\C/C=C\C/C=C\C/C=C\CC)OC(=O)CCCCCCCCC/C=C\C/C=C\C/C=C\CC)OC(=O)CCCCCCC/C=C\C/C=C\CCC. The van der Waals surface area contributed by atoms with Crippen molar-refractivity contribution in [1.82, 2.24) is 0 Å². The Labute approximate surface area is 629 Å². The highest BCUT2D eigenvalue weighted by Gasteiger charge is 2.30. The van der Waals surface area contributed by atoms with Crippen molar-refractivity contribution in [2.45, 2.75) is 303 Å². The number of hydrogen-bond donors (Lipinski definition) is 3. The van der Waals surface area contributed by atoms with Gasteiger partial charge in [-0.1, -0.05) is 268 Å². The van der Waals surface area contributed by atoms with Gasteiger partial charge in [-0.15, -0.1) is 0 Å². The predicted molar refractivity (Wildman–Crippen MR) is 426 cm³/mol. The molecule has 17 nitrogen and oxygen atoms in total.